The van der Waals surface area contributed by atoms with Crippen LogP contribution >= 0.6 is 11.3 Å². The van der Waals surface area contributed by atoms with Crippen LogP contribution in [0.1, 0.15) is 52.5 Å². The molecule has 38 heavy (non-hydrogen) atoms. The zero-order valence-corrected chi connectivity index (χ0v) is 23.1. The number of carbonyl (C=O) groups excluding carboxylic acids is 2. The molecule has 2 aliphatic rings. The molecule has 5 rings (SSSR count). The van der Waals surface area contributed by atoms with E-state index in [-0.39, 0.29) is 17.6 Å². The second-order valence-electron chi connectivity index (χ2n) is 9.90. The van der Waals surface area contributed by atoms with Crippen molar-refractivity contribution >= 4 is 28.7 Å². The number of rotatable bonds is 6. The van der Waals surface area contributed by atoms with Crippen molar-refractivity contribution in [1.82, 2.24) is 5.32 Å². The molecule has 0 saturated heterocycles. The van der Waals surface area contributed by atoms with Gasteiger partial charge in [0, 0.05) is 44.4 Å². The molecule has 0 spiro atoms. The number of dihydropyridines is 1. The summed E-state index contributed by atoms with van der Waals surface area (Å²) in [5.74, 6) is 0.750. The summed E-state index contributed by atoms with van der Waals surface area (Å²) in [5.41, 5.74) is 5.82. The Bertz CT molecular complexity index is 1470. The maximum absolute atomic E-state index is 13.8. The number of ether oxygens (including phenoxy) is 2. The number of carbonyl (C=O) groups is 2. The van der Waals surface area contributed by atoms with Crippen LogP contribution in [0.2, 0.25) is 0 Å². The summed E-state index contributed by atoms with van der Waals surface area (Å²) >= 11 is 1.63. The van der Waals surface area contributed by atoms with Gasteiger partial charge in [-0.2, -0.15) is 0 Å². The first-order chi connectivity index (χ1) is 18.3. The van der Waals surface area contributed by atoms with Crippen molar-refractivity contribution < 1.29 is 19.1 Å². The van der Waals surface area contributed by atoms with E-state index < -0.39 is 5.92 Å². The van der Waals surface area contributed by atoms with Crippen molar-refractivity contribution in [1.29, 1.82) is 0 Å². The first-order valence-electron chi connectivity index (χ1n) is 12.7. The number of hydrogen-bond acceptors (Lipinski definition) is 6. The van der Waals surface area contributed by atoms with Gasteiger partial charge in [0.1, 0.15) is 0 Å². The van der Waals surface area contributed by atoms with E-state index >= 15 is 0 Å². The highest BCUT2D eigenvalue weighted by atomic mass is 32.1. The van der Waals surface area contributed by atoms with Crippen molar-refractivity contribution in [2.45, 2.75) is 45.4 Å². The van der Waals surface area contributed by atoms with Gasteiger partial charge in [-0.25, -0.2) is 0 Å². The van der Waals surface area contributed by atoms with Gasteiger partial charge in [-0.15, -0.1) is 11.3 Å². The first-order valence-corrected chi connectivity index (χ1v) is 13.5. The van der Waals surface area contributed by atoms with Crippen molar-refractivity contribution in [3.05, 3.63) is 98.0 Å². The molecule has 0 fully saturated rings. The van der Waals surface area contributed by atoms with E-state index in [1.54, 1.807) is 25.6 Å². The van der Waals surface area contributed by atoms with Gasteiger partial charge >= 0.3 is 0 Å². The maximum Gasteiger partial charge on any atom is 0.254 e. The number of amides is 1. The zero-order valence-electron chi connectivity index (χ0n) is 22.3. The number of anilines is 1. The van der Waals surface area contributed by atoms with Crippen LogP contribution in [0.25, 0.3) is 0 Å². The first kappa shape index (κ1) is 25.8. The average Bonchev–Trinajstić information content (AvgIpc) is 3.34. The normalized spacial score (nSPS) is 19.1. The molecule has 0 unspecified atom stereocenters. The second kappa shape index (κ2) is 10.5. The van der Waals surface area contributed by atoms with Gasteiger partial charge in [0.2, 0.25) is 0 Å². The molecule has 3 aromatic rings. The van der Waals surface area contributed by atoms with Crippen LogP contribution in [0, 0.1) is 13.8 Å². The van der Waals surface area contributed by atoms with Gasteiger partial charge in [0.15, 0.2) is 17.3 Å². The Morgan fingerprint density at radius 2 is 1.68 bits per heavy atom. The van der Waals surface area contributed by atoms with Gasteiger partial charge in [0.05, 0.1) is 20.1 Å². The lowest BCUT2D eigenvalue weighted by molar-refractivity contribution is -0.116. The van der Waals surface area contributed by atoms with Crippen LogP contribution in [0.3, 0.4) is 0 Å². The summed E-state index contributed by atoms with van der Waals surface area (Å²) in [6.07, 6.45) is 1.03. The van der Waals surface area contributed by atoms with Crippen molar-refractivity contribution in [3.8, 4) is 11.5 Å². The lowest BCUT2D eigenvalue weighted by atomic mass is 9.73. The molecular formula is C31H32N2O4S. The van der Waals surface area contributed by atoms with Crippen molar-refractivity contribution in [2.75, 3.05) is 19.5 Å². The molecule has 1 aromatic heterocycles. The third kappa shape index (κ3) is 4.86. The monoisotopic (exact) mass is 528 g/mol. The Labute approximate surface area is 227 Å². The Hall–Kier alpha value is -3.84. The summed E-state index contributed by atoms with van der Waals surface area (Å²) < 4.78 is 10.9. The highest BCUT2D eigenvalue weighted by Crippen LogP contribution is 2.47. The molecular weight excluding hydrogens is 496 g/mol. The fourth-order valence-electron chi connectivity index (χ4n) is 5.41. The molecule has 2 aromatic carbocycles. The molecule has 2 atom stereocenters. The number of nitrogens with one attached hydrogen (secondary N) is 2. The fraction of sp³-hybridized carbons (Fsp3) is 0.290. The van der Waals surface area contributed by atoms with Gasteiger partial charge < -0.3 is 20.1 Å². The zero-order chi connectivity index (χ0) is 27.0. The molecule has 196 valence electrons. The smallest absolute Gasteiger partial charge is 0.254 e. The van der Waals surface area contributed by atoms with Crippen molar-refractivity contribution in [2.24, 2.45) is 0 Å². The number of Topliss-reactive ketones (excluding diaryl/α,β-unsaturated/α-hetero) is 1. The number of thiophene rings is 1. The Kier molecular flexibility index (Phi) is 7.13. The van der Waals surface area contributed by atoms with E-state index in [1.807, 2.05) is 75.4 Å². The largest absolute Gasteiger partial charge is 0.493 e. The molecule has 1 aliphatic heterocycles. The molecule has 1 amide bonds. The lowest BCUT2D eigenvalue weighted by Gasteiger charge is -2.36. The van der Waals surface area contributed by atoms with Crippen LogP contribution in [0.15, 0.2) is 77.1 Å². The number of allylic oxidation sites excluding steroid dienone is 3. The van der Waals surface area contributed by atoms with E-state index in [4.69, 9.17) is 9.47 Å². The highest BCUT2D eigenvalue weighted by molar-refractivity contribution is 7.12. The SMILES string of the molecule is COc1ccc([C@@H]2CC(=O)C3=C(C2)NC(C)=C(C(=O)Nc2ccc(C)cc2)[C@H]3c2ccc(C)s2)cc1OC. The maximum atomic E-state index is 13.8. The van der Waals surface area contributed by atoms with E-state index in [2.05, 4.69) is 10.6 Å². The molecule has 0 radical (unpaired) electrons. The lowest BCUT2D eigenvalue weighted by Crippen LogP contribution is -2.36. The topological polar surface area (TPSA) is 76.7 Å². The third-order valence-corrected chi connectivity index (χ3v) is 8.37. The summed E-state index contributed by atoms with van der Waals surface area (Å²) in [6.45, 7) is 5.98. The van der Waals surface area contributed by atoms with E-state index in [0.717, 1.165) is 38.0 Å². The molecule has 0 bridgehead atoms. The quantitative estimate of drug-likeness (QED) is 0.388. The molecule has 2 N–H and O–H groups in total. The molecule has 2 heterocycles. The third-order valence-electron chi connectivity index (χ3n) is 7.31. The van der Waals surface area contributed by atoms with Crippen LogP contribution < -0.4 is 20.1 Å². The van der Waals surface area contributed by atoms with E-state index in [1.165, 1.54) is 0 Å². The van der Waals surface area contributed by atoms with Crippen LogP contribution in [0.4, 0.5) is 5.69 Å². The Morgan fingerprint density at radius 3 is 2.34 bits per heavy atom. The predicted molar refractivity (Wildman–Crippen MR) is 151 cm³/mol. The summed E-state index contributed by atoms with van der Waals surface area (Å²) in [4.78, 5) is 29.7. The van der Waals surface area contributed by atoms with E-state index in [9.17, 15) is 9.59 Å². The standard InChI is InChI=1S/C31H32N2O4S/c1-17-6-10-22(11-7-17)33-31(35)28-19(3)32-23-14-21(20-9-12-25(36-4)26(16-20)37-5)15-24(34)29(23)30(28)27-13-8-18(2)38-27/h6-13,16,21,30,32H,14-15H2,1-5H3,(H,33,35)/t21-,30+/m0/s1. The summed E-state index contributed by atoms with van der Waals surface area (Å²) in [5, 5.41) is 6.51. The van der Waals surface area contributed by atoms with E-state index in [0.29, 0.717) is 35.5 Å². The highest BCUT2D eigenvalue weighted by Gasteiger charge is 2.41. The molecule has 1 aliphatic carbocycles. The van der Waals surface area contributed by atoms with Gasteiger partial charge in [-0.1, -0.05) is 23.8 Å². The fourth-order valence-corrected chi connectivity index (χ4v) is 6.41. The number of benzene rings is 2. The number of methoxy groups -OCH3 is 2. The Morgan fingerprint density at radius 1 is 0.947 bits per heavy atom. The molecule has 7 heteroatoms. The predicted octanol–water partition coefficient (Wildman–Crippen LogP) is 6.38. The van der Waals surface area contributed by atoms with Crippen LogP contribution in [0.5, 0.6) is 11.5 Å². The minimum atomic E-state index is -0.408. The van der Waals surface area contributed by atoms with Gasteiger partial charge in [-0.3, -0.25) is 9.59 Å². The second-order valence-corrected chi connectivity index (χ2v) is 11.2. The van der Waals surface area contributed by atoms with Crippen molar-refractivity contribution in [3.63, 3.8) is 0 Å². The molecule has 6 nitrogen and oxygen atoms in total. The van der Waals surface area contributed by atoms with Gasteiger partial charge in [0.25, 0.3) is 5.91 Å². The number of aryl methyl sites for hydroxylation is 2. The average molecular weight is 529 g/mol. The summed E-state index contributed by atoms with van der Waals surface area (Å²) in [6, 6.07) is 17.7. The van der Waals surface area contributed by atoms with Crippen LogP contribution in [-0.4, -0.2) is 25.9 Å². The van der Waals surface area contributed by atoms with Gasteiger partial charge in [-0.05, 0) is 75.1 Å². The van der Waals surface area contributed by atoms with Crippen LogP contribution in [-0.2, 0) is 9.59 Å². The summed E-state index contributed by atoms with van der Waals surface area (Å²) in [7, 11) is 3.22. The minimum absolute atomic E-state index is 0.00462. The Balaban J connectivity index is 1.52. The molecule has 0 saturated carbocycles. The number of hydrogen-bond donors (Lipinski definition) is 2. The number of ketones is 1. The minimum Gasteiger partial charge on any atom is -0.493 e.